The Hall–Kier alpha value is -0.900. The highest BCUT2D eigenvalue weighted by Gasteiger charge is 2.23. The van der Waals surface area contributed by atoms with Crippen LogP contribution in [0.1, 0.15) is 18.4 Å². The zero-order valence-corrected chi connectivity index (χ0v) is 9.07. The second-order valence-corrected chi connectivity index (χ2v) is 4.33. The Bertz CT molecular complexity index is 374. The van der Waals surface area contributed by atoms with Crippen molar-refractivity contribution < 1.29 is 4.39 Å². The molecule has 1 aromatic carbocycles. The minimum absolute atomic E-state index is 0.178. The average Bonchev–Trinajstić information content (AvgIpc) is 2.87. The fraction of sp³-hybridized carbons (Fsp3) is 0.300. The van der Waals surface area contributed by atoms with E-state index in [9.17, 15) is 4.39 Å². The highest BCUT2D eigenvalue weighted by molar-refractivity contribution is 9.10. The summed E-state index contributed by atoms with van der Waals surface area (Å²) in [7, 11) is 0. The summed E-state index contributed by atoms with van der Waals surface area (Å²) in [6.45, 7) is 0. The summed E-state index contributed by atoms with van der Waals surface area (Å²) in [4.78, 5) is 0. The predicted molar refractivity (Wildman–Crippen MR) is 57.1 cm³/mol. The third kappa shape index (κ3) is 2.12. The molecule has 1 aliphatic rings. The smallest absolute Gasteiger partial charge is 0.135 e. The van der Waals surface area contributed by atoms with E-state index in [1.165, 1.54) is 6.07 Å². The van der Waals surface area contributed by atoms with Crippen molar-refractivity contribution in [3.05, 3.63) is 34.1 Å². The summed E-state index contributed by atoms with van der Waals surface area (Å²) in [6.07, 6.45) is 2.17. The summed E-state index contributed by atoms with van der Waals surface area (Å²) in [5.41, 5.74) is 0.333. The van der Waals surface area contributed by atoms with Crippen molar-refractivity contribution in [2.75, 3.05) is 0 Å². The van der Waals surface area contributed by atoms with Gasteiger partial charge in [-0.15, -0.1) is 0 Å². The van der Waals surface area contributed by atoms with Gasteiger partial charge >= 0.3 is 0 Å². The molecule has 0 heterocycles. The first-order valence-electron chi connectivity index (χ1n) is 4.47. The van der Waals surface area contributed by atoms with E-state index in [4.69, 9.17) is 5.41 Å². The predicted octanol–water partition coefficient (Wildman–Crippen LogP) is 2.67. The number of benzene rings is 1. The first-order valence-corrected chi connectivity index (χ1v) is 5.26. The van der Waals surface area contributed by atoms with Crippen molar-refractivity contribution in [3.63, 3.8) is 0 Å². The molecule has 74 valence electrons. The lowest BCUT2D eigenvalue weighted by Crippen LogP contribution is -2.26. The van der Waals surface area contributed by atoms with Crippen LogP contribution in [0.4, 0.5) is 4.39 Å². The molecule has 0 aliphatic heterocycles. The molecule has 2 rings (SSSR count). The Labute approximate surface area is 90.2 Å². The Morgan fingerprint density at radius 3 is 2.79 bits per heavy atom. The van der Waals surface area contributed by atoms with Gasteiger partial charge in [-0.05, 0) is 31.0 Å². The average molecular weight is 257 g/mol. The first-order chi connectivity index (χ1) is 6.66. The molecule has 1 saturated carbocycles. The number of nitrogens with one attached hydrogen (secondary N) is 2. The number of hydrogen-bond donors (Lipinski definition) is 2. The zero-order valence-electron chi connectivity index (χ0n) is 7.48. The highest BCUT2D eigenvalue weighted by Crippen LogP contribution is 2.20. The van der Waals surface area contributed by atoms with Gasteiger partial charge in [0, 0.05) is 10.5 Å². The molecule has 0 spiro atoms. The highest BCUT2D eigenvalue weighted by atomic mass is 79.9. The van der Waals surface area contributed by atoms with E-state index in [0.29, 0.717) is 16.1 Å². The normalized spacial score (nSPS) is 15.3. The van der Waals surface area contributed by atoms with Gasteiger partial charge in [-0.1, -0.05) is 15.9 Å². The molecule has 0 saturated heterocycles. The Morgan fingerprint density at radius 1 is 1.50 bits per heavy atom. The lowest BCUT2D eigenvalue weighted by molar-refractivity contribution is 0.622. The molecule has 14 heavy (non-hydrogen) atoms. The van der Waals surface area contributed by atoms with Crippen LogP contribution in [-0.2, 0) is 0 Å². The van der Waals surface area contributed by atoms with E-state index >= 15 is 0 Å². The van der Waals surface area contributed by atoms with Crippen molar-refractivity contribution in [2.45, 2.75) is 18.9 Å². The monoisotopic (exact) mass is 256 g/mol. The lowest BCUT2D eigenvalue weighted by atomic mass is 10.2. The molecule has 2 nitrogen and oxygen atoms in total. The molecule has 0 aromatic heterocycles. The second-order valence-electron chi connectivity index (χ2n) is 3.42. The Balaban J connectivity index is 2.17. The van der Waals surface area contributed by atoms with Crippen molar-refractivity contribution >= 4 is 21.8 Å². The van der Waals surface area contributed by atoms with Gasteiger partial charge < -0.3 is 5.32 Å². The molecule has 4 heteroatoms. The molecule has 0 bridgehead atoms. The van der Waals surface area contributed by atoms with Gasteiger partial charge in [-0.3, -0.25) is 5.41 Å². The summed E-state index contributed by atoms with van der Waals surface area (Å²) in [5, 5.41) is 10.6. The van der Waals surface area contributed by atoms with E-state index in [1.807, 2.05) is 0 Å². The van der Waals surface area contributed by atoms with E-state index < -0.39 is 0 Å². The van der Waals surface area contributed by atoms with E-state index in [1.54, 1.807) is 12.1 Å². The molecular formula is C10H10BrFN2. The maximum atomic E-state index is 13.4. The molecule has 1 aliphatic carbocycles. The van der Waals surface area contributed by atoms with Gasteiger partial charge in [-0.25, -0.2) is 4.39 Å². The number of hydrogen-bond acceptors (Lipinski definition) is 1. The van der Waals surface area contributed by atoms with Crippen LogP contribution in [0, 0.1) is 11.2 Å². The summed E-state index contributed by atoms with van der Waals surface area (Å²) < 4.78 is 14.1. The quantitative estimate of drug-likeness (QED) is 0.620. The number of rotatable bonds is 2. The van der Waals surface area contributed by atoms with Gasteiger partial charge in [0.05, 0.1) is 5.56 Å². The molecular weight excluding hydrogens is 247 g/mol. The molecule has 0 amide bonds. The van der Waals surface area contributed by atoms with Gasteiger partial charge in [0.25, 0.3) is 0 Å². The topological polar surface area (TPSA) is 35.9 Å². The van der Waals surface area contributed by atoms with Crippen LogP contribution in [0.15, 0.2) is 22.7 Å². The third-order valence-electron chi connectivity index (χ3n) is 2.13. The maximum Gasteiger partial charge on any atom is 0.135 e. The van der Waals surface area contributed by atoms with E-state index in [2.05, 4.69) is 21.2 Å². The molecule has 2 N–H and O–H groups in total. The van der Waals surface area contributed by atoms with Crippen molar-refractivity contribution in [2.24, 2.45) is 0 Å². The summed E-state index contributed by atoms with van der Waals surface area (Å²) in [6, 6.07) is 5.10. The maximum absolute atomic E-state index is 13.4. The van der Waals surface area contributed by atoms with Crippen LogP contribution in [-0.4, -0.2) is 11.9 Å². The Morgan fingerprint density at radius 2 is 2.21 bits per heavy atom. The van der Waals surface area contributed by atoms with E-state index in [0.717, 1.165) is 12.8 Å². The van der Waals surface area contributed by atoms with Crippen LogP contribution in [0.5, 0.6) is 0 Å². The standard InChI is InChI=1S/C10H10BrFN2/c11-6-1-4-8(9(12)5-6)10(13)14-7-2-3-7/h1,4-5,7H,2-3H2,(H2,13,14). The summed E-state index contributed by atoms with van der Waals surface area (Å²) in [5.74, 6) is -0.185. The van der Waals surface area contributed by atoms with E-state index in [-0.39, 0.29) is 11.7 Å². The lowest BCUT2D eigenvalue weighted by Gasteiger charge is -2.07. The van der Waals surface area contributed by atoms with Crippen LogP contribution < -0.4 is 5.32 Å². The van der Waals surface area contributed by atoms with Crippen LogP contribution in [0.3, 0.4) is 0 Å². The molecule has 0 atom stereocenters. The van der Waals surface area contributed by atoms with Crippen LogP contribution >= 0.6 is 15.9 Å². The molecule has 1 aromatic rings. The third-order valence-corrected chi connectivity index (χ3v) is 2.62. The molecule has 0 unspecified atom stereocenters. The van der Waals surface area contributed by atoms with Gasteiger partial charge in [0.2, 0.25) is 0 Å². The Kier molecular flexibility index (Phi) is 2.54. The SMILES string of the molecule is N=C(NC1CC1)c1ccc(Br)cc1F. The van der Waals surface area contributed by atoms with Crippen molar-refractivity contribution in [1.29, 1.82) is 5.41 Å². The number of amidine groups is 1. The fourth-order valence-electron chi connectivity index (χ4n) is 1.20. The van der Waals surface area contributed by atoms with Crippen molar-refractivity contribution in [3.8, 4) is 0 Å². The minimum atomic E-state index is -0.363. The largest absolute Gasteiger partial charge is 0.367 e. The van der Waals surface area contributed by atoms with Crippen molar-refractivity contribution in [1.82, 2.24) is 5.32 Å². The minimum Gasteiger partial charge on any atom is -0.367 e. The first kappa shape index (κ1) is 9.65. The van der Waals surface area contributed by atoms with Crippen LogP contribution in [0.2, 0.25) is 0 Å². The second kappa shape index (κ2) is 3.69. The van der Waals surface area contributed by atoms with Gasteiger partial charge in [-0.2, -0.15) is 0 Å². The molecule has 1 fully saturated rings. The number of halogens is 2. The zero-order chi connectivity index (χ0) is 10.1. The van der Waals surface area contributed by atoms with Gasteiger partial charge in [0.1, 0.15) is 11.7 Å². The van der Waals surface area contributed by atoms with Crippen LogP contribution in [0.25, 0.3) is 0 Å². The summed E-state index contributed by atoms with van der Waals surface area (Å²) >= 11 is 3.18. The van der Waals surface area contributed by atoms with Gasteiger partial charge in [0.15, 0.2) is 0 Å². The molecule has 0 radical (unpaired) electrons. The fourth-order valence-corrected chi connectivity index (χ4v) is 1.53.